The van der Waals surface area contributed by atoms with Gasteiger partial charge in [-0.15, -0.1) is 10.2 Å². The van der Waals surface area contributed by atoms with E-state index in [4.69, 9.17) is 10.5 Å². The summed E-state index contributed by atoms with van der Waals surface area (Å²) in [6.07, 6.45) is 4.97. The summed E-state index contributed by atoms with van der Waals surface area (Å²) >= 11 is 0. The summed E-state index contributed by atoms with van der Waals surface area (Å²) in [5.41, 5.74) is 6.61. The van der Waals surface area contributed by atoms with Gasteiger partial charge in [-0.1, -0.05) is 12.6 Å². The van der Waals surface area contributed by atoms with E-state index < -0.39 is 5.91 Å². The Kier molecular flexibility index (Phi) is 5.43. The van der Waals surface area contributed by atoms with Gasteiger partial charge in [-0.25, -0.2) is 0 Å². The molecule has 3 aliphatic rings. The first-order valence-electron chi connectivity index (χ1n) is 11.3. The number of hydrogen-bond donors (Lipinski definition) is 3. The maximum Gasteiger partial charge on any atom is 0.271 e. The minimum absolute atomic E-state index is 0.0129. The van der Waals surface area contributed by atoms with Crippen molar-refractivity contribution in [3.63, 3.8) is 0 Å². The van der Waals surface area contributed by atoms with E-state index >= 15 is 0 Å². The Morgan fingerprint density at radius 2 is 1.94 bits per heavy atom. The maximum atomic E-state index is 12.1. The summed E-state index contributed by atoms with van der Waals surface area (Å²) < 4.78 is 6.13. The molecule has 2 saturated carbocycles. The van der Waals surface area contributed by atoms with E-state index in [0.717, 1.165) is 38.8 Å². The SMILES string of the molecule is C=CC(=O)N1CC2(CC(Oc3cccc(Nc4cc(NC(=O)C5CC5)nnc4C(N)=O)c3)C2)C1. The van der Waals surface area contributed by atoms with E-state index in [1.807, 2.05) is 24.3 Å². The highest BCUT2D eigenvalue weighted by Gasteiger charge is 2.54. The van der Waals surface area contributed by atoms with Crippen LogP contribution in [0.5, 0.6) is 5.75 Å². The highest BCUT2D eigenvalue weighted by molar-refractivity contribution is 5.98. The van der Waals surface area contributed by atoms with Crippen molar-refractivity contribution in [2.75, 3.05) is 23.7 Å². The molecule has 34 heavy (non-hydrogen) atoms. The van der Waals surface area contributed by atoms with E-state index in [1.54, 1.807) is 11.0 Å². The summed E-state index contributed by atoms with van der Waals surface area (Å²) in [4.78, 5) is 37.4. The number of primary amides is 1. The fourth-order valence-corrected chi connectivity index (χ4v) is 4.60. The van der Waals surface area contributed by atoms with Crippen LogP contribution in [0, 0.1) is 11.3 Å². The summed E-state index contributed by atoms with van der Waals surface area (Å²) in [5.74, 6) is 0.0917. The first-order chi connectivity index (χ1) is 16.3. The second-order valence-corrected chi connectivity index (χ2v) is 9.32. The van der Waals surface area contributed by atoms with Crippen LogP contribution in [-0.2, 0) is 9.59 Å². The first-order valence-corrected chi connectivity index (χ1v) is 11.3. The number of carbonyl (C=O) groups is 3. The van der Waals surface area contributed by atoms with Gasteiger partial charge in [0.15, 0.2) is 11.5 Å². The van der Waals surface area contributed by atoms with Crippen LogP contribution in [0.25, 0.3) is 0 Å². The minimum Gasteiger partial charge on any atom is -0.490 e. The number of hydrogen-bond acceptors (Lipinski definition) is 7. The Morgan fingerprint density at radius 1 is 1.18 bits per heavy atom. The van der Waals surface area contributed by atoms with E-state index in [2.05, 4.69) is 27.4 Å². The maximum absolute atomic E-state index is 12.1. The number of nitrogens with two attached hydrogens (primary N) is 1. The standard InChI is InChI=1S/C24H26N6O4/c1-2-20(31)30-12-24(13-30)10-17(11-24)34-16-5-3-4-15(8-16)26-18-9-19(27-23(33)14-6-7-14)28-29-21(18)22(25)32/h2-5,8-9,14,17H,1,6-7,10-13H2,(H2,25,32)(H2,26,27,28,33). The number of benzene rings is 1. The van der Waals surface area contributed by atoms with Gasteiger partial charge in [0.1, 0.15) is 11.9 Å². The lowest BCUT2D eigenvalue weighted by molar-refractivity contribution is -0.155. The number of likely N-dealkylation sites (tertiary alicyclic amines) is 1. The van der Waals surface area contributed by atoms with Crippen LogP contribution in [0.1, 0.15) is 36.2 Å². The van der Waals surface area contributed by atoms with Crippen molar-refractivity contribution < 1.29 is 19.1 Å². The molecule has 2 aromatic rings. The number of anilines is 3. The highest BCUT2D eigenvalue weighted by Crippen LogP contribution is 2.49. The number of carbonyl (C=O) groups excluding carboxylic acids is 3. The zero-order valence-electron chi connectivity index (χ0n) is 18.6. The molecule has 1 saturated heterocycles. The van der Waals surface area contributed by atoms with Crippen LogP contribution in [-0.4, -0.2) is 52.0 Å². The Hall–Kier alpha value is -3.95. The fourth-order valence-electron chi connectivity index (χ4n) is 4.60. The van der Waals surface area contributed by atoms with Gasteiger partial charge in [0.05, 0.1) is 5.69 Å². The largest absolute Gasteiger partial charge is 0.490 e. The van der Waals surface area contributed by atoms with Gasteiger partial charge in [-0.05, 0) is 43.9 Å². The van der Waals surface area contributed by atoms with Crippen molar-refractivity contribution in [1.82, 2.24) is 15.1 Å². The molecule has 0 bridgehead atoms. The molecule has 10 nitrogen and oxygen atoms in total. The Labute approximate surface area is 196 Å². The quantitative estimate of drug-likeness (QED) is 0.511. The zero-order chi connectivity index (χ0) is 23.9. The predicted octanol–water partition coefficient (Wildman–Crippen LogP) is 2.22. The molecule has 1 spiro atoms. The van der Waals surface area contributed by atoms with Crippen molar-refractivity contribution in [1.29, 1.82) is 0 Å². The van der Waals surface area contributed by atoms with Crippen molar-refractivity contribution in [3.05, 3.63) is 48.7 Å². The van der Waals surface area contributed by atoms with E-state index in [9.17, 15) is 14.4 Å². The monoisotopic (exact) mass is 462 g/mol. The third kappa shape index (κ3) is 4.43. The van der Waals surface area contributed by atoms with Crippen LogP contribution >= 0.6 is 0 Å². The van der Waals surface area contributed by atoms with E-state index in [0.29, 0.717) is 17.1 Å². The predicted molar refractivity (Wildman–Crippen MR) is 124 cm³/mol. The van der Waals surface area contributed by atoms with Gasteiger partial charge < -0.3 is 26.0 Å². The normalized spacial score (nSPS) is 18.4. The van der Waals surface area contributed by atoms with Crippen molar-refractivity contribution >= 4 is 34.9 Å². The van der Waals surface area contributed by atoms with Gasteiger partial charge in [-0.3, -0.25) is 14.4 Å². The first kappa shape index (κ1) is 21.9. The molecule has 5 rings (SSSR count). The number of nitrogens with zero attached hydrogens (tertiary/aromatic N) is 3. The van der Waals surface area contributed by atoms with Crippen molar-refractivity contribution in [2.45, 2.75) is 31.8 Å². The molecule has 1 aliphatic heterocycles. The van der Waals surface area contributed by atoms with Gasteiger partial charge in [0.25, 0.3) is 5.91 Å². The Balaban J connectivity index is 1.23. The van der Waals surface area contributed by atoms with Gasteiger partial charge in [0.2, 0.25) is 11.8 Å². The lowest BCUT2D eigenvalue weighted by atomic mass is 9.61. The summed E-state index contributed by atoms with van der Waals surface area (Å²) in [5, 5.41) is 13.6. The van der Waals surface area contributed by atoms with Gasteiger partial charge in [-0.2, -0.15) is 0 Å². The molecule has 4 N–H and O–H groups in total. The third-order valence-corrected chi connectivity index (χ3v) is 6.50. The van der Waals surface area contributed by atoms with E-state index in [1.165, 1.54) is 6.08 Å². The molecule has 10 heteroatoms. The van der Waals surface area contributed by atoms with Crippen LogP contribution in [0.3, 0.4) is 0 Å². The smallest absolute Gasteiger partial charge is 0.271 e. The number of ether oxygens (including phenoxy) is 1. The zero-order valence-corrected chi connectivity index (χ0v) is 18.6. The van der Waals surface area contributed by atoms with Crippen LogP contribution in [0.4, 0.5) is 17.2 Å². The molecular weight excluding hydrogens is 436 g/mol. The molecule has 0 atom stereocenters. The fraction of sp³-hybridized carbons (Fsp3) is 0.375. The molecule has 3 fully saturated rings. The molecule has 1 aromatic carbocycles. The topological polar surface area (TPSA) is 140 Å². The van der Waals surface area contributed by atoms with Crippen LogP contribution in [0.2, 0.25) is 0 Å². The lowest BCUT2D eigenvalue weighted by Gasteiger charge is -2.58. The number of aromatic nitrogens is 2. The van der Waals surface area contributed by atoms with Crippen molar-refractivity contribution in [2.24, 2.45) is 17.1 Å². The minimum atomic E-state index is -0.730. The van der Waals surface area contributed by atoms with Crippen LogP contribution < -0.4 is 21.1 Å². The number of nitrogens with one attached hydrogen (secondary N) is 2. The van der Waals surface area contributed by atoms with E-state index in [-0.39, 0.29) is 40.8 Å². The van der Waals surface area contributed by atoms with Crippen molar-refractivity contribution in [3.8, 4) is 5.75 Å². The average molecular weight is 463 g/mol. The second-order valence-electron chi connectivity index (χ2n) is 9.32. The number of rotatable bonds is 8. The summed E-state index contributed by atoms with van der Waals surface area (Å²) in [6.45, 7) is 5.04. The van der Waals surface area contributed by atoms with Gasteiger partial charge >= 0.3 is 0 Å². The summed E-state index contributed by atoms with van der Waals surface area (Å²) in [6, 6.07) is 8.91. The molecule has 2 aliphatic carbocycles. The lowest BCUT2D eigenvalue weighted by Crippen LogP contribution is -2.65. The highest BCUT2D eigenvalue weighted by atomic mass is 16.5. The molecule has 176 valence electrons. The third-order valence-electron chi connectivity index (χ3n) is 6.50. The number of amides is 3. The summed E-state index contributed by atoms with van der Waals surface area (Å²) in [7, 11) is 0. The molecule has 3 amide bonds. The molecule has 0 radical (unpaired) electrons. The Morgan fingerprint density at radius 3 is 2.62 bits per heavy atom. The molecule has 0 unspecified atom stereocenters. The molecule has 1 aromatic heterocycles. The Bertz CT molecular complexity index is 1160. The average Bonchev–Trinajstić information content (AvgIpc) is 3.60. The van der Waals surface area contributed by atoms with Crippen LogP contribution in [0.15, 0.2) is 43.0 Å². The molecule has 2 heterocycles. The second kappa shape index (κ2) is 8.44. The molecular formula is C24H26N6O4. The van der Waals surface area contributed by atoms with Gasteiger partial charge in [0, 0.05) is 42.2 Å².